The van der Waals surface area contributed by atoms with Crippen LogP contribution in [0.25, 0.3) is 0 Å². The van der Waals surface area contributed by atoms with Crippen LogP contribution in [0.15, 0.2) is 18.2 Å². The van der Waals surface area contributed by atoms with Gasteiger partial charge in [0.25, 0.3) is 0 Å². The SMILES string of the molecule is COC1CCN(c2c(F)cccc2CNCC(C)C)CC1. The average Bonchev–Trinajstić information content (AvgIpc) is 2.47. The molecule has 1 N–H and O–H groups in total. The second-order valence-corrected chi connectivity index (χ2v) is 6.19. The molecule has 0 radical (unpaired) electrons. The molecule has 0 aromatic heterocycles. The second-order valence-electron chi connectivity index (χ2n) is 6.19. The Kier molecular flexibility index (Phi) is 6.00. The van der Waals surface area contributed by atoms with E-state index >= 15 is 0 Å². The number of methoxy groups -OCH3 is 1. The molecule has 1 aliphatic rings. The van der Waals surface area contributed by atoms with Gasteiger partial charge in [-0.25, -0.2) is 4.39 Å². The Balaban J connectivity index is 2.07. The number of para-hydroxylation sites is 1. The molecule has 1 saturated heterocycles. The minimum Gasteiger partial charge on any atom is -0.381 e. The van der Waals surface area contributed by atoms with Crippen LogP contribution in [-0.4, -0.2) is 32.8 Å². The van der Waals surface area contributed by atoms with Crippen molar-refractivity contribution in [2.45, 2.75) is 39.3 Å². The number of benzene rings is 1. The van der Waals surface area contributed by atoms with E-state index < -0.39 is 0 Å². The molecule has 1 aromatic carbocycles. The van der Waals surface area contributed by atoms with Crippen molar-refractivity contribution in [1.82, 2.24) is 5.32 Å². The summed E-state index contributed by atoms with van der Waals surface area (Å²) in [7, 11) is 1.75. The van der Waals surface area contributed by atoms with E-state index in [2.05, 4.69) is 24.1 Å². The molecule has 1 aromatic rings. The molecule has 0 amide bonds. The van der Waals surface area contributed by atoms with E-state index in [4.69, 9.17) is 4.74 Å². The summed E-state index contributed by atoms with van der Waals surface area (Å²) in [5.74, 6) is 0.481. The summed E-state index contributed by atoms with van der Waals surface area (Å²) < 4.78 is 19.7. The highest BCUT2D eigenvalue weighted by molar-refractivity contribution is 5.55. The summed E-state index contributed by atoms with van der Waals surface area (Å²) in [5.41, 5.74) is 1.81. The van der Waals surface area contributed by atoms with Crippen LogP contribution in [-0.2, 0) is 11.3 Å². The number of rotatable bonds is 6. The third-order valence-electron chi connectivity index (χ3n) is 4.03. The number of ether oxygens (including phenoxy) is 1. The van der Waals surface area contributed by atoms with Crippen molar-refractivity contribution in [3.63, 3.8) is 0 Å². The normalized spacial score (nSPS) is 16.7. The third kappa shape index (κ3) is 4.42. The molecule has 4 heteroatoms. The molecule has 21 heavy (non-hydrogen) atoms. The van der Waals surface area contributed by atoms with Crippen LogP contribution in [0.1, 0.15) is 32.3 Å². The number of hydrogen-bond acceptors (Lipinski definition) is 3. The number of piperidine rings is 1. The van der Waals surface area contributed by atoms with E-state index in [0.29, 0.717) is 12.0 Å². The van der Waals surface area contributed by atoms with Crippen LogP contribution in [0.2, 0.25) is 0 Å². The predicted octanol–water partition coefficient (Wildman–Crippen LogP) is 3.19. The maximum absolute atomic E-state index is 14.3. The van der Waals surface area contributed by atoms with Gasteiger partial charge in [-0.2, -0.15) is 0 Å². The van der Waals surface area contributed by atoms with E-state index in [-0.39, 0.29) is 5.82 Å². The molecule has 0 bridgehead atoms. The molecule has 0 spiro atoms. The molecule has 0 aliphatic carbocycles. The predicted molar refractivity (Wildman–Crippen MR) is 85.2 cm³/mol. The summed E-state index contributed by atoms with van der Waals surface area (Å²) >= 11 is 0. The Hall–Kier alpha value is -1.13. The number of hydrogen-bond donors (Lipinski definition) is 1. The first-order valence-electron chi connectivity index (χ1n) is 7.87. The lowest BCUT2D eigenvalue weighted by Crippen LogP contribution is -2.38. The monoisotopic (exact) mass is 294 g/mol. The van der Waals surface area contributed by atoms with E-state index in [1.54, 1.807) is 19.2 Å². The van der Waals surface area contributed by atoms with E-state index in [9.17, 15) is 4.39 Å². The summed E-state index contributed by atoms with van der Waals surface area (Å²) in [5, 5.41) is 3.41. The topological polar surface area (TPSA) is 24.5 Å². The zero-order valence-corrected chi connectivity index (χ0v) is 13.4. The fourth-order valence-electron chi connectivity index (χ4n) is 2.87. The fourth-order valence-corrected chi connectivity index (χ4v) is 2.87. The first kappa shape index (κ1) is 16.2. The highest BCUT2D eigenvalue weighted by Gasteiger charge is 2.22. The van der Waals surface area contributed by atoms with Crippen molar-refractivity contribution in [1.29, 1.82) is 0 Å². The molecule has 1 aliphatic heterocycles. The maximum atomic E-state index is 14.3. The smallest absolute Gasteiger partial charge is 0.146 e. The summed E-state index contributed by atoms with van der Waals surface area (Å²) in [6.45, 7) is 7.73. The van der Waals surface area contributed by atoms with Gasteiger partial charge in [-0.05, 0) is 36.9 Å². The van der Waals surface area contributed by atoms with Crippen LogP contribution in [0.5, 0.6) is 0 Å². The standard InChI is InChI=1S/C17H27FN2O/c1-13(2)11-19-12-14-5-4-6-16(18)17(14)20-9-7-15(21-3)8-10-20/h4-6,13,15,19H,7-12H2,1-3H3. The van der Waals surface area contributed by atoms with Gasteiger partial charge in [0.05, 0.1) is 11.8 Å². The highest BCUT2D eigenvalue weighted by atomic mass is 19.1. The van der Waals surface area contributed by atoms with Crippen molar-refractivity contribution in [3.05, 3.63) is 29.6 Å². The lowest BCUT2D eigenvalue weighted by atomic mass is 10.0. The Morgan fingerprint density at radius 1 is 1.33 bits per heavy atom. The quantitative estimate of drug-likeness (QED) is 0.872. The fraction of sp³-hybridized carbons (Fsp3) is 0.647. The summed E-state index contributed by atoms with van der Waals surface area (Å²) in [4.78, 5) is 2.16. The summed E-state index contributed by atoms with van der Waals surface area (Å²) in [6, 6.07) is 5.38. The number of halogens is 1. The van der Waals surface area contributed by atoms with Crippen molar-refractivity contribution in [3.8, 4) is 0 Å². The second kappa shape index (κ2) is 7.76. The van der Waals surface area contributed by atoms with Gasteiger partial charge in [-0.3, -0.25) is 0 Å². The lowest BCUT2D eigenvalue weighted by molar-refractivity contribution is 0.0817. The minimum absolute atomic E-state index is 0.116. The lowest BCUT2D eigenvalue weighted by Gasteiger charge is -2.34. The molecule has 1 heterocycles. The Labute approximate surface area is 127 Å². The van der Waals surface area contributed by atoms with Crippen LogP contribution < -0.4 is 10.2 Å². The molecule has 0 atom stereocenters. The van der Waals surface area contributed by atoms with Gasteiger partial charge < -0.3 is 15.0 Å². The van der Waals surface area contributed by atoms with Crippen molar-refractivity contribution in [2.24, 2.45) is 5.92 Å². The third-order valence-corrected chi connectivity index (χ3v) is 4.03. The largest absolute Gasteiger partial charge is 0.381 e. The van der Waals surface area contributed by atoms with Crippen LogP contribution in [0.4, 0.5) is 10.1 Å². The van der Waals surface area contributed by atoms with Gasteiger partial charge in [-0.15, -0.1) is 0 Å². The van der Waals surface area contributed by atoms with Crippen LogP contribution in [0.3, 0.4) is 0 Å². The van der Waals surface area contributed by atoms with Crippen LogP contribution in [0, 0.1) is 11.7 Å². The Morgan fingerprint density at radius 2 is 2.05 bits per heavy atom. The van der Waals surface area contributed by atoms with Gasteiger partial charge in [0, 0.05) is 26.7 Å². The first-order chi connectivity index (χ1) is 10.1. The summed E-state index contributed by atoms with van der Waals surface area (Å²) in [6.07, 6.45) is 2.24. The van der Waals surface area contributed by atoms with Gasteiger partial charge >= 0.3 is 0 Å². The van der Waals surface area contributed by atoms with Crippen molar-refractivity contribution < 1.29 is 9.13 Å². The van der Waals surface area contributed by atoms with Gasteiger partial charge in [0.2, 0.25) is 0 Å². The van der Waals surface area contributed by atoms with E-state index in [0.717, 1.165) is 50.3 Å². The number of anilines is 1. The van der Waals surface area contributed by atoms with E-state index in [1.807, 2.05) is 6.07 Å². The van der Waals surface area contributed by atoms with Gasteiger partial charge in [0.15, 0.2) is 0 Å². The van der Waals surface area contributed by atoms with Gasteiger partial charge in [-0.1, -0.05) is 26.0 Å². The molecular weight excluding hydrogens is 267 g/mol. The molecule has 1 fully saturated rings. The van der Waals surface area contributed by atoms with Crippen molar-refractivity contribution in [2.75, 3.05) is 31.6 Å². The molecule has 118 valence electrons. The Morgan fingerprint density at radius 3 is 2.67 bits per heavy atom. The molecular formula is C17H27FN2O. The molecule has 0 unspecified atom stereocenters. The zero-order valence-electron chi connectivity index (χ0n) is 13.4. The molecule has 3 nitrogen and oxygen atoms in total. The number of nitrogens with zero attached hydrogens (tertiary/aromatic N) is 1. The highest BCUT2D eigenvalue weighted by Crippen LogP contribution is 2.28. The number of nitrogens with one attached hydrogen (secondary N) is 1. The first-order valence-corrected chi connectivity index (χ1v) is 7.87. The van der Waals surface area contributed by atoms with Crippen molar-refractivity contribution >= 4 is 5.69 Å². The Bertz CT molecular complexity index is 442. The van der Waals surface area contributed by atoms with Gasteiger partial charge in [0.1, 0.15) is 5.82 Å². The minimum atomic E-state index is -0.116. The van der Waals surface area contributed by atoms with E-state index in [1.165, 1.54) is 0 Å². The zero-order chi connectivity index (χ0) is 15.2. The molecule has 2 rings (SSSR count). The average molecular weight is 294 g/mol. The molecule has 0 saturated carbocycles. The maximum Gasteiger partial charge on any atom is 0.146 e. The van der Waals surface area contributed by atoms with Crippen LogP contribution >= 0.6 is 0 Å².